The molecule has 4 rings (SSSR count). The molecule has 12 nitrogen and oxygen atoms in total. The fourth-order valence-electron chi connectivity index (χ4n) is 4.03. The number of nitrogens with one attached hydrogen (secondary N) is 2. The summed E-state index contributed by atoms with van der Waals surface area (Å²) in [4.78, 5) is 25.4. The van der Waals surface area contributed by atoms with Crippen LogP contribution in [0.4, 0.5) is 10.3 Å². The molecule has 0 saturated heterocycles. The van der Waals surface area contributed by atoms with Crippen LogP contribution in [0.15, 0.2) is 42.5 Å². The van der Waals surface area contributed by atoms with Gasteiger partial charge in [0, 0.05) is 25.5 Å². The summed E-state index contributed by atoms with van der Waals surface area (Å²) in [7, 11) is 6.15. The summed E-state index contributed by atoms with van der Waals surface area (Å²) >= 11 is 4.45. The smallest absolute Gasteiger partial charge is 0.259 e. The first-order valence-electron chi connectivity index (χ1n) is 13.1. The minimum absolute atomic E-state index is 0.122. The number of ether oxygens (including phenoxy) is 4. The van der Waals surface area contributed by atoms with E-state index in [4.69, 9.17) is 18.9 Å². The zero-order valence-electron chi connectivity index (χ0n) is 24.1. The van der Waals surface area contributed by atoms with Gasteiger partial charge in [-0.15, -0.1) is 20.4 Å². The highest BCUT2D eigenvalue weighted by Crippen LogP contribution is 2.31. The molecule has 4 aromatic rings. The molecule has 228 valence electrons. The minimum Gasteiger partial charge on any atom is -0.497 e. The second kappa shape index (κ2) is 16.2. The number of carbonyl (C=O) groups is 2. The van der Waals surface area contributed by atoms with Crippen LogP contribution < -0.4 is 24.8 Å². The number of benzene rings is 2. The van der Waals surface area contributed by atoms with Crippen molar-refractivity contribution in [1.29, 1.82) is 0 Å². The predicted octanol–water partition coefficient (Wildman–Crippen LogP) is 4.44. The van der Waals surface area contributed by atoms with Gasteiger partial charge in [0.1, 0.15) is 15.8 Å². The molecule has 0 radical (unpaired) electrons. The minimum atomic E-state index is -0.802. The molecule has 0 spiro atoms. The molecular formula is C28H32N6O6S3. The standard InChI is InChI=1S/C28H32N6O6S3/c1-37-19-9-5-7-17(15-19)25(40-4)26(36)30-28-34-32-23(43-28)12-14-41-13-11-22-31-33-27(42-22)29-21(35)16-18-8-6-10-20(38-2)24(18)39-3/h5-10,15,25H,11-14,16H2,1-4H3,(H,29,33,35)(H,30,34,36). The molecule has 0 fully saturated rings. The molecule has 2 N–H and O–H groups in total. The maximum Gasteiger partial charge on any atom is 0.259 e. The van der Waals surface area contributed by atoms with Crippen LogP contribution in [-0.2, 0) is 33.6 Å². The average molecular weight is 645 g/mol. The number of aromatic nitrogens is 4. The Morgan fingerprint density at radius 3 is 2.14 bits per heavy atom. The van der Waals surface area contributed by atoms with Crippen molar-refractivity contribution in [3.63, 3.8) is 0 Å². The fraction of sp³-hybridized carbons (Fsp3) is 0.357. The number of hydrogen-bond acceptors (Lipinski definition) is 13. The SMILES string of the molecule is COc1cccc(C(OC)C(=O)Nc2nnc(CCSCCc3nnc(NC(=O)Cc4cccc(OC)c4OC)s3)s2)c1. The second-order valence-corrected chi connectivity index (χ2v) is 12.2. The van der Waals surface area contributed by atoms with Gasteiger partial charge in [-0.1, -0.05) is 46.9 Å². The summed E-state index contributed by atoms with van der Waals surface area (Å²) < 4.78 is 21.4. The van der Waals surface area contributed by atoms with E-state index in [1.165, 1.54) is 29.8 Å². The molecule has 0 saturated carbocycles. The topological polar surface area (TPSA) is 147 Å². The normalized spacial score (nSPS) is 11.5. The van der Waals surface area contributed by atoms with Crippen molar-refractivity contribution in [2.24, 2.45) is 0 Å². The van der Waals surface area contributed by atoms with Crippen LogP contribution in [0.5, 0.6) is 17.2 Å². The maximum atomic E-state index is 12.8. The molecule has 0 bridgehead atoms. The van der Waals surface area contributed by atoms with Crippen molar-refractivity contribution < 1.29 is 28.5 Å². The van der Waals surface area contributed by atoms with Gasteiger partial charge in [0.05, 0.1) is 27.8 Å². The van der Waals surface area contributed by atoms with E-state index in [0.29, 0.717) is 39.5 Å². The van der Waals surface area contributed by atoms with Crippen LogP contribution in [0.25, 0.3) is 0 Å². The maximum absolute atomic E-state index is 12.8. The van der Waals surface area contributed by atoms with Gasteiger partial charge in [0.2, 0.25) is 16.2 Å². The summed E-state index contributed by atoms with van der Waals surface area (Å²) in [6.45, 7) is 0. The molecule has 15 heteroatoms. The number of para-hydroxylation sites is 1. The Hall–Kier alpha value is -3.79. The molecule has 43 heavy (non-hydrogen) atoms. The summed E-state index contributed by atoms with van der Waals surface area (Å²) in [5, 5.41) is 24.7. The molecule has 0 aliphatic heterocycles. The number of anilines is 2. The van der Waals surface area contributed by atoms with E-state index in [-0.39, 0.29) is 18.2 Å². The van der Waals surface area contributed by atoms with Crippen molar-refractivity contribution in [1.82, 2.24) is 20.4 Å². The Morgan fingerprint density at radius 2 is 1.51 bits per heavy atom. The van der Waals surface area contributed by atoms with Crippen molar-refractivity contribution in [2.45, 2.75) is 25.4 Å². The Labute approximate surface area is 261 Å². The highest BCUT2D eigenvalue weighted by molar-refractivity contribution is 7.99. The highest BCUT2D eigenvalue weighted by atomic mass is 32.2. The second-order valence-electron chi connectivity index (χ2n) is 8.87. The van der Waals surface area contributed by atoms with E-state index < -0.39 is 6.10 Å². The number of carbonyl (C=O) groups excluding carboxylic acids is 2. The van der Waals surface area contributed by atoms with Crippen LogP contribution in [-0.4, -0.2) is 72.2 Å². The number of aryl methyl sites for hydroxylation is 2. The Balaban J connectivity index is 1.17. The summed E-state index contributed by atoms with van der Waals surface area (Å²) in [6, 6.07) is 12.6. The Kier molecular flexibility index (Phi) is 12.1. The van der Waals surface area contributed by atoms with Gasteiger partial charge in [-0.25, -0.2) is 0 Å². The van der Waals surface area contributed by atoms with Crippen molar-refractivity contribution >= 4 is 56.5 Å². The van der Waals surface area contributed by atoms with Crippen LogP contribution in [0, 0.1) is 0 Å². The first-order chi connectivity index (χ1) is 20.9. The van der Waals surface area contributed by atoms with E-state index in [9.17, 15) is 9.59 Å². The van der Waals surface area contributed by atoms with E-state index >= 15 is 0 Å². The molecule has 2 aromatic carbocycles. The molecule has 2 heterocycles. The molecular weight excluding hydrogens is 613 g/mol. The Morgan fingerprint density at radius 1 is 0.837 bits per heavy atom. The first kappa shape index (κ1) is 32.1. The third kappa shape index (κ3) is 9.10. The number of thioether (sulfide) groups is 1. The van der Waals surface area contributed by atoms with Crippen LogP contribution in [0.1, 0.15) is 27.2 Å². The Bertz CT molecular complexity index is 1510. The molecule has 1 atom stereocenters. The third-order valence-corrected chi connectivity index (χ3v) is 8.82. The van der Waals surface area contributed by atoms with Gasteiger partial charge in [-0.05, 0) is 35.3 Å². The van der Waals surface area contributed by atoms with Gasteiger partial charge in [-0.2, -0.15) is 11.8 Å². The van der Waals surface area contributed by atoms with Gasteiger partial charge in [-0.3, -0.25) is 14.9 Å². The van der Waals surface area contributed by atoms with Crippen molar-refractivity contribution in [3.8, 4) is 17.2 Å². The fourth-order valence-corrected chi connectivity index (χ4v) is 6.67. The third-order valence-electron chi connectivity index (χ3n) is 6.04. The average Bonchev–Trinajstić information content (AvgIpc) is 3.66. The van der Waals surface area contributed by atoms with E-state index in [0.717, 1.165) is 33.5 Å². The van der Waals surface area contributed by atoms with Gasteiger partial charge in [0.15, 0.2) is 17.6 Å². The van der Waals surface area contributed by atoms with Gasteiger partial charge in [0.25, 0.3) is 5.91 Å². The number of amides is 2. The summed E-state index contributed by atoms with van der Waals surface area (Å²) in [5.41, 5.74) is 1.40. The van der Waals surface area contributed by atoms with E-state index in [1.54, 1.807) is 63.4 Å². The lowest BCUT2D eigenvalue weighted by atomic mass is 10.1. The molecule has 0 aliphatic carbocycles. The number of methoxy groups -OCH3 is 4. The lowest BCUT2D eigenvalue weighted by molar-refractivity contribution is -0.126. The van der Waals surface area contributed by atoms with Crippen molar-refractivity contribution in [3.05, 3.63) is 63.6 Å². The lowest BCUT2D eigenvalue weighted by Crippen LogP contribution is -2.22. The summed E-state index contributed by atoms with van der Waals surface area (Å²) in [5.74, 6) is 2.87. The molecule has 0 aliphatic rings. The quantitative estimate of drug-likeness (QED) is 0.167. The van der Waals surface area contributed by atoms with Gasteiger partial charge >= 0.3 is 0 Å². The highest BCUT2D eigenvalue weighted by Gasteiger charge is 2.22. The van der Waals surface area contributed by atoms with Gasteiger partial charge < -0.3 is 24.3 Å². The first-order valence-corrected chi connectivity index (χ1v) is 15.9. The number of nitrogens with zero attached hydrogens (tertiary/aromatic N) is 4. The van der Waals surface area contributed by atoms with E-state index in [1.807, 2.05) is 12.1 Å². The number of rotatable bonds is 16. The van der Waals surface area contributed by atoms with Crippen LogP contribution in [0.3, 0.4) is 0 Å². The summed E-state index contributed by atoms with van der Waals surface area (Å²) in [6.07, 6.45) is 0.760. The van der Waals surface area contributed by atoms with E-state index in [2.05, 4.69) is 31.0 Å². The molecule has 1 unspecified atom stereocenters. The van der Waals surface area contributed by atoms with Crippen LogP contribution >= 0.6 is 34.4 Å². The zero-order chi connectivity index (χ0) is 30.6. The predicted molar refractivity (Wildman–Crippen MR) is 168 cm³/mol. The largest absolute Gasteiger partial charge is 0.497 e. The molecule has 2 aromatic heterocycles. The van der Waals surface area contributed by atoms with Crippen molar-refractivity contribution in [2.75, 3.05) is 50.6 Å². The van der Waals surface area contributed by atoms with Crippen LogP contribution in [0.2, 0.25) is 0 Å². The monoisotopic (exact) mass is 644 g/mol. The molecule has 2 amide bonds. The number of hydrogen-bond donors (Lipinski definition) is 2. The lowest BCUT2D eigenvalue weighted by Gasteiger charge is -2.15. The zero-order valence-corrected chi connectivity index (χ0v) is 26.6.